The first-order valence-corrected chi connectivity index (χ1v) is 12.7. The van der Waals surface area contributed by atoms with Gasteiger partial charge in [0, 0.05) is 32.7 Å². The minimum atomic E-state index is -3.73. The van der Waals surface area contributed by atoms with Crippen LogP contribution in [0.2, 0.25) is 0 Å². The number of hydrogen-bond acceptors (Lipinski definition) is 5. The highest BCUT2D eigenvalue weighted by atomic mass is 32.2. The average Bonchev–Trinajstić information content (AvgIpc) is 2.85. The summed E-state index contributed by atoms with van der Waals surface area (Å²) in [7, 11) is -3.73. The van der Waals surface area contributed by atoms with E-state index in [0.29, 0.717) is 19.4 Å². The molecule has 2 aliphatic heterocycles. The van der Waals surface area contributed by atoms with Crippen LogP contribution in [0.4, 0.5) is 0 Å². The minimum absolute atomic E-state index is 0.0713. The molecule has 0 radical (unpaired) electrons. The smallest absolute Gasteiger partial charge is 0.243 e. The van der Waals surface area contributed by atoms with Crippen LogP contribution < -0.4 is 5.32 Å². The Labute approximate surface area is 190 Å². The first-order chi connectivity index (χ1) is 15.6. The average molecular weight is 458 g/mol. The van der Waals surface area contributed by atoms with Gasteiger partial charge in [0.2, 0.25) is 15.9 Å². The van der Waals surface area contributed by atoms with Crippen LogP contribution in [0.5, 0.6) is 0 Å². The van der Waals surface area contributed by atoms with Crippen molar-refractivity contribution < 1.29 is 17.9 Å². The molecule has 0 aromatic heterocycles. The fourth-order valence-corrected chi connectivity index (χ4v) is 6.17. The number of ether oxygens (including phenoxy) is 1. The number of rotatable bonds is 7. The molecule has 7 nitrogen and oxygen atoms in total. The lowest BCUT2D eigenvalue weighted by Gasteiger charge is -2.38. The molecule has 2 saturated heterocycles. The van der Waals surface area contributed by atoms with Crippen LogP contribution in [0.3, 0.4) is 0 Å². The fourth-order valence-electron chi connectivity index (χ4n) is 4.46. The predicted octanol–water partition coefficient (Wildman–Crippen LogP) is 2.28. The molecule has 0 aliphatic carbocycles. The second kappa shape index (κ2) is 10.6. The molecular formula is C24H31N3O4S. The van der Waals surface area contributed by atoms with Gasteiger partial charge in [0.25, 0.3) is 0 Å². The van der Waals surface area contributed by atoms with E-state index in [-0.39, 0.29) is 29.3 Å². The summed E-state index contributed by atoms with van der Waals surface area (Å²) in [6.45, 7) is 4.72. The number of benzene rings is 2. The van der Waals surface area contributed by atoms with Crippen LogP contribution in [0.25, 0.3) is 0 Å². The molecule has 2 aliphatic rings. The van der Waals surface area contributed by atoms with Crippen molar-refractivity contribution in [1.82, 2.24) is 14.5 Å². The molecule has 8 heteroatoms. The third kappa shape index (κ3) is 5.38. The number of morpholine rings is 1. The van der Waals surface area contributed by atoms with Gasteiger partial charge in [-0.15, -0.1) is 0 Å². The maximum Gasteiger partial charge on any atom is 0.243 e. The standard InChI is InChI=1S/C24H31N3O4S/c28-24(25-13-14-26-15-17-31-18-16-26)21-11-12-23(20-7-3-1-4-8-20)27(19-21)32(29,30)22-9-5-2-6-10-22/h1-10,21,23H,11-19H2,(H,25,28)/t21-,23-/m1/s1. The summed E-state index contributed by atoms with van der Waals surface area (Å²) < 4.78 is 33.9. The van der Waals surface area contributed by atoms with Gasteiger partial charge in [-0.2, -0.15) is 4.31 Å². The second-order valence-corrected chi connectivity index (χ2v) is 10.2. The maximum atomic E-state index is 13.5. The molecule has 2 aromatic rings. The number of nitrogens with zero attached hydrogens (tertiary/aromatic N) is 2. The first-order valence-electron chi connectivity index (χ1n) is 11.3. The Morgan fingerprint density at radius 1 is 0.969 bits per heavy atom. The second-order valence-electron chi connectivity index (χ2n) is 8.33. The summed E-state index contributed by atoms with van der Waals surface area (Å²) in [6.07, 6.45) is 1.27. The van der Waals surface area contributed by atoms with Crippen molar-refractivity contribution in [2.45, 2.75) is 23.8 Å². The Hall–Kier alpha value is -2.26. The molecule has 0 saturated carbocycles. The van der Waals surface area contributed by atoms with Crippen molar-refractivity contribution in [3.8, 4) is 0 Å². The maximum absolute atomic E-state index is 13.5. The highest BCUT2D eigenvalue weighted by Crippen LogP contribution is 2.37. The highest BCUT2D eigenvalue weighted by molar-refractivity contribution is 7.89. The van der Waals surface area contributed by atoms with E-state index >= 15 is 0 Å². The van der Waals surface area contributed by atoms with Gasteiger partial charge < -0.3 is 10.1 Å². The van der Waals surface area contributed by atoms with Crippen molar-refractivity contribution in [3.05, 3.63) is 66.2 Å². The number of nitrogens with one attached hydrogen (secondary N) is 1. The lowest BCUT2D eigenvalue weighted by Crippen LogP contribution is -2.48. The van der Waals surface area contributed by atoms with Crippen molar-refractivity contribution in [3.63, 3.8) is 0 Å². The topological polar surface area (TPSA) is 79.0 Å². The summed E-state index contributed by atoms with van der Waals surface area (Å²) >= 11 is 0. The number of sulfonamides is 1. The first kappa shape index (κ1) is 22.9. The number of piperidine rings is 1. The van der Waals surface area contributed by atoms with Crippen LogP contribution in [0.15, 0.2) is 65.6 Å². The summed E-state index contributed by atoms with van der Waals surface area (Å²) in [5, 5.41) is 3.02. The highest BCUT2D eigenvalue weighted by Gasteiger charge is 2.39. The quantitative estimate of drug-likeness (QED) is 0.690. The third-order valence-electron chi connectivity index (χ3n) is 6.27. The molecule has 0 bridgehead atoms. The van der Waals surface area contributed by atoms with E-state index in [1.807, 2.05) is 30.3 Å². The largest absolute Gasteiger partial charge is 0.379 e. The van der Waals surface area contributed by atoms with E-state index in [1.165, 1.54) is 4.31 Å². The molecule has 2 aromatic carbocycles. The molecule has 2 atom stereocenters. The zero-order valence-corrected chi connectivity index (χ0v) is 19.0. The van der Waals surface area contributed by atoms with E-state index < -0.39 is 10.0 Å². The van der Waals surface area contributed by atoms with Gasteiger partial charge in [0.15, 0.2) is 0 Å². The van der Waals surface area contributed by atoms with Gasteiger partial charge in [0.1, 0.15) is 0 Å². The zero-order valence-electron chi connectivity index (χ0n) is 18.2. The van der Waals surface area contributed by atoms with Gasteiger partial charge in [-0.3, -0.25) is 9.69 Å². The summed E-state index contributed by atoms with van der Waals surface area (Å²) in [5.41, 5.74) is 0.957. The molecule has 172 valence electrons. The van der Waals surface area contributed by atoms with Crippen molar-refractivity contribution >= 4 is 15.9 Å². The van der Waals surface area contributed by atoms with E-state index in [4.69, 9.17) is 4.74 Å². The third-order valence-corrected chi connectivity index (χ3v) is 8.16. The van der Waals surface area contributed by atoms with Gasteiger partial charge in [-0.05, 0) is 30.5 Å². The lowest BCUT2D eigenvalue weighted by atomic mass is 9.90. The molecule has 4 rings (SSSR count). The monoisotopic (exact) mass is 457 g/mol. The number of hydrogen-bond donors (Lipinski definition) is 1. The van der Waals surface area contributed by atoms with Gasteiger partial charge in [-0.25, -0.2) is 8.42 Å². The Bertz CT molecular complexity index is 979. The lowest BCUT2D eigenvalue weighted by molar-refractivity contribution is -0.126. The van der Waals surface area contributed by atoms with Crippen LogP contribution in [-0.4, -0.2) is 69.5 Å². The van der Waals surface area contributed by atoms with E-state index in [9.17, 15) is 13.2 Å². The Balaban J connectivity index is 1.47. The van der Waals surface area contributed by atoms with Crippen molar-refractivity contribution in [2.24, 2.45) is 5.92 Å². The minimum Gasteiger partial charge on any atom is -0.379 e. The number of carbonyl (C=O) groups excluding carboxylic acids is 1. The Morgan fingerprint density at radius 3 is 2.31 bits per heavy atom. The molecular weight excluding hydrogens is 426 g/mol. The molecule has 0 spiro atoms. The number of carbonyl (C=O) groups is 1. The Kier molecular flexibility index (Phi) is 7.57. The zero-order chi connectivity index (χ0) is 22.4. The van der Waals surface area contributed by atoms with E-state index in [1.54, 1.807) is 30.3 Å². The Morgan fingerprint density at radius 2 is 1.62 bits per heavy atom. The van der Waals surface area contributed by atoms with E-state index in [0.717, 1.165) is 38.4 Å². The molecule has 1 N–H and O–H groups in total. The molecule has 32 heavy (non-hydrogen) atoms. The predicted molar refractivity (Wildman–Crippen MR) is 123 cm³/mol. The van der Waals surface area contributed by atoms with Gasteiger partial charge in [-0.1, -0.05) is 48.5 Å². The summed E-state index contributed by atoms with van der Waals surface area (Å²) in [6, 6.07) is 17.9. The van der Waals surface area contributed by atoms with Crippen molar-refractivity contribution in [1.29, 1.82) is 0 Å². The summed E-state index contributed by atoms with van der Waals surface area (Å²) in [4.78, 5) is 15.4. The SMILES string of the molecule is O=C(NCCN1CCOCC1)[C@@H]1CC[C@H](c2ccccc2)N(S(=O)(=O)c2ccccc2)C1. The summed E-state index contributed by atoms with van der Waals surface area (Å²) in [5.74, 6) is -0.434. The van der Waals surface area contributed by atoms with Crippen LogP contribution in [-0.2, 0) is 19.6 Å². The normalized spacial score (nSPS) is 23.0. The van der Waals surface area contributed by atoms with Gasteiger partial charge >= 0.3 is 0 Å². The fraction of sp³-hybridized carbons (Fsp3) is 0.458. The molecule has 0 unspecified atom stereocenters. The van der Waals surface area contributed by atoms with Crippen LogP contribution in [0.1, 0.15) is 24.4 Å². The van der Waals surface area contributed by atoms with Gasteiger partial charge in [0.05, 0.1) is 30.1 Å². The molecule has 1 amide bonds. The van der Waals surface area contributed by atoms with Crippen LogP contribution >= 0.6 is 0 Å². The van der Waals surface area contributed by atoms with Crippen molar-refractivity contribution in [2.75, 3.05) is 45.9 Å². The van der Waals surface area contributed by atoms with Crippen LogP contribution in [0, 0.1) is 5.92 Å². The molecule has 2 fully saturated rings. The molecule has 2 heterocycles. The number of amides is 1. The van der Waals surface area contributed by atoms with E-state index in [2.05, 4.69) is 10.2 Å².